The molecule has 0 saturated carbocycles. The van der Waals surface area contributed by atoms with Gasteiger partial charge in [-0.05, 0) is 48.4 Å². The lowest BCUT2D eigenvalue weighted by atomic mass is 10.2. The molecule has 2 N–H and O–H groups in total. The van der Waals surface area contributed by atoms with E-state index in [9.17, 15) is 9.59 Å². The second-order valence-corrected chi connectivity index (χ2v) is 7.78. The Bertz CT molecular complexity index is 1010. The van der Waals surface area contributed by atoms with Gasteiger partial charge in [-0.3, -0.25) is 14.6 Å². The van der Waals surface area contributed by atoms with Crippen LogP contribution in [-0.4, -0.2) is 22.0 Å². The maximum atomic E-state index is 12.6. The molecule has 0 aliphatic heterocycles. The molecule has 0 aliphatic rings. The van der Waals surface area contributed by atoms with Crippen molar-refractivity contribution in [2.24, 2.45) is 0 Å². The molecule has 0 aliphatic carbocycles. The molecule has 2 amide bonds. The predicted octanol–water partition coefficient (Wildman–Crippen LogP) is 5.24. The normalized spacial score (nSPS) is 11.8. The van der Waals surface area contributed by atoms with E-state index in [1.54, 1.807) is 30.6 Å². The van der Waals surface area contributed by atoms with Crippen LogP contribution in [0.3, 0.4) is 0 Å². The summed E-state index contributed by atoms with van der Waals surface area (Å²) in [6.07, 6.45) is 7.23. The summed E-state index contributed by atoms with van der Waals surface area (Å²) in [6.45, 7) is 1.98. The summed E-state index contributed by atoms with van der Waals surface area (Å²) in [7, 11) is 0. The molecule has 5 nitrogen and oxygen atoms in total. The third kappa shape index (κ3) is 6.60. The molecule has 1 heterocycles. The zero-order valence-electron chi connectivity index (χ0n) is 16.6. The molecule has 1 atom stereocenters. The van der Waals surface area contributed by atoms with Crippen molar-refractivity contribution in [2.75, 3.05) is 10.6 Å². The zero-order chi connectivity index (χ0) is 21.2. The minimum Gasteiger partial charge on any atom is -0.325 e. The molecule has 0 fully saturated rings. The Morgan fingerprint density at radius 3 is 2.47 bits per heavy atom. The highest BCUT2D eigenvalue weighted by Gasteiger charge is 2.18. The van der Waals surface area contributed by atoms with Crippen LogP contribution in [0.15, 0.2) is 90.1 Å². The first kappa shape index (κ1) is 21.3. The van der Waals surface area contributed by atoms with Gasteiger partial charge in [-0.25, -0.2) is 0 Å². The fourth-order valence-electron chi connectivity index (χ4n) is 2.71. The Morgan fingerprint density at radius 2 is 1.73 bits per heavy atom. The highest BCUT2D eigenvalue weighted by Crippen LogP contribution is 2.28. The number of nitrogens with one attached hydrogen (secondary N) is 2. The van der Waals surface area contributed by atoms with Gasteiger partial charge in [0.25, 0.3) is 0 Å². The lowest BCUT2D eigenvalue weighted by molar-refractivity contribution is -0.115. The number of benzene rings is 2. The first-order valence-electron chi connectivity index (χ1n) is 9.66. The number of hydrogen-bond acceptors (Lipinski definition) is 4. The third-order valence-electron chi connectivity index (χ3n) is 4.22. The molecule has 30 heavy (non-hydrogen) atoms. The Morgan fingerprint density at radius 1 is 0.967 bits per heavy atom. The van der Waals surface area contributed by atoms with Crippen molar-refractivity contribution in [1.82, 2.24) is 4.98 Å². The van der Waals surface area contributed by atoms with Gasteiger partial charge in [-0.1, -0.05) is 43.3 Å². The monoisotopic (exact) mass is 417 g/mol. The van der Waals surface area contributed by atoms with Crippen LogP contribution in [0, 0.1) is 0 Å². The van der Waals surface area contributed by atoms with Crippen molar-refractivity contribution in [1.29, 1.82) is 0 Å². The predicted molar refractivity (Wildman–Crippen MR) is 123 cm³/mol. The molecule has 0 bridgehead atoms. The standard InChI is InChI=1S/C24H23N3O2S/c1-2-22(24(29)27-19-13-15-25-16-14-19)30-21-10-6-9-20(17-21)26-23(28)12-11-18-7-4-3-5-8-18/h3-17,22H,2H2,1H3,(H,26,28)(H,25,27,29)/b12-11+. The number of amides is 2. The van der Waals surface area contributed by atoms with Gasteiger partial charge in [0, 0.05) is 34.7 Å². The summed E-state index contributed by atoms with van der Waals surface area (Å²) in [6, 6.07) is 20.7. The summed E-state index contributed by atoms with van der Waals surface area (Å²) in [5.41, 5.74) is 2.37. The first-order chi connectivity index (χ1) is 14.6. The van der Waals surface area contributed by atoms with Crippen LogP contribution < -0.4 is 10.6 Å². The number of carbonyl (C=O) groups is 2. The van der Waals surface area contributed by atoms with Gasteiger partial charge >= 0.3 is 0 Å². The molecule has 3 aromatic rings. The lowest BCUT2D eigenvalue weighted by Crippen LogP contribution is -2.24. The molecule has 1 unspecified atom stereocenters. The van der Waals surface area contributed by atoms with E-state index in [1.165, 1.54) is 17.8 Å². The summed E-state index contributed by atoms with van der Waals surface area (Å²) in [5.74, 6) is -0.266. The molecule has 152 valence electrons. The third-order valence-corrected chi connectivity index (χ3v) is 5.58. The maximum Gasteiger partial charge on any atom is 0.248 e. The molecule has 1 aromatic heterocycles. The van der Waals surface area contributed by atoms with E-state index < -0.39 is 0 Å². The van der Waals surface area contributed by atoms with E-state index in [1.807, 2.05) is 61.5 Å². The second kappa shape index (κ2) is 11.0. The van der Waals surface area contributed by atoms with Crippen molar-refractivity contribution >= 4 is 41.0 Å². The maximum absolute atomic E-state index is 12.6. The average molecular weight is 418 g/mol. The van der Waals surface area contributed by atoms with E-state index in [0.717, 1.165) is 16.1 Å². The molecular formula is C24H23N3O2S. The minimum atomic E-state index is -0.248. The van der Waals surface area contributed by atoms with Crippen molar-refractivity contribution in [2.45, 2.75) is 23.5 Å². The number of anilines is 2. The van der Waals surface area contributed by atoms with Gasteiger partial charge in [-0.2, -0.15) is 0 Å². The van der Waals surface area contributed by atoms with Gasteiger partial charge in [0.15, 0.2) is 0 Å². The van der Waals surface area contributed by atoms with Gasteiger partial charge in [-0.15, -0.1) is 11.8 Å². The zero-order valence-corrected chi connectivity index (χ0v) is 17.4. The van der Waals surface area contributed by atoms with Gasteiger partial charge < -0.3 is 10.6 Å². The van der Waals surface area contributed by atoms with Crippen LogP contribution in [-0.2, 0) is 9.59 Å². The SMILES string of the molecule is CCC(Sc1cccc(NC(=O)/C=C/c2ccccc2)c1)C(=O)Nc1ccncc1. The highest BCUT2D eigenvalue weighted by molar-refractivity contribution is 8.00. The van der Waals surface area contributed by atoms with Crippen molar-refractivity contribution in [3.05, 3.63) is 90.8 Å². The molecule has 0 radical (unpaired) electrons. The number of nitrogens with zero attached hydrogens (tertiary/aromatic N) is 1. The first-order valence-corrected chi connectivity index (χ1v) is 10.5. The van der Waals surface area contributed by atoms with Crippen LogP contribution in [0.25, 0.3) is 6.08 Å². The quantitative estimate of drug-likeness (QED) is 0.388. The number of hydrogen-bond donors (Lipinski definition) is 2. The molecule has 6 heteroatoms. The number of pyridine rings is 1. The van der Waals surface area contributed by atoms with Crippen LogP contribution in [0.1, 0.15) is 18.9 Å². The Labute approximate surface area is 180 Å². The van der Waals surface area contributed by atoms with E-state index in [2.05, 4.69) is 15.6 Å². The van der Waals surface area contributed by atoms with Crippen LogP contribution in [0.2, 0.25) is 0 Å². The molecular weight excluding hydrogens is 394 g/mol. The molecule has 0 spiro atoms. The highest BCUT2D eigenvalue weighted by atomic mass is 32.2. The van der Waals surface area contributed by atoms with E-state index in [-0.39, 0.29) is 17.1 Å². The van der Waals surface area contributed by atoms with E-state index >= 15 is 0 Å². The van der Waals surface area contributed by atoms with E-state index in [4.69, 9.17) is 0 Å². The fourth-order valence-corrected chi connectivity index (χ4v) is 3.72. The lowest BCUT2D eigenvalue weighted by Gasteiger charge is -2.15. The second-order valence-electron chi connectivity index (χ2n) is 6.50. The van der Waals surface area contributed by atoms with Crippen molar-refractivity contribution < 1.29 is 9.59 Å². The Balaban J connectivity index is 1.60. The van der Waals surface area contributed by atoms with Gasteiger partial charge in [0.2, 0.25) is 11.8 Å². The number of thioether (sulfide) groups is 1. The smallest absolute Gasteiger partial charge is 0.248 e. The summed E-state index contributed by atoms with van der Waals surface area (Å²) in [5, 5.41) is 5.53. The van der Waals surface area contributed by atoms with Crippen LogP contribution in [0.4, 0.5) is 11.4 Å². The summed E-state index contributed by atoms with van der Waals surface area (Å²) in [4.78, 5) is 29.7. The Kier molecular flexibility index (Phi) is 7.80. The van der Waals surface area contributed by atoms with Crippen LogP contribution in [0.5, 0.6) is 0 Å². The summed E-state index contributed by atoms with van der Waals surface area (Å²) >= 11 is 1.47. The average Bonchev–Trinajstić information content (AvgIpc) is 2.77. The van der Waals surface area contributed by atoms with E-state index in [0.29, 0.717) is 12.1 Å². The fraction of sp³-hybridized carbons (Fsp3) is 0.125. The number of aromatic nitrogens is 1. The molecule has 0 saturated heterocycles. The minimum absolute atomic E-state index is 0.0612. The number of rotatable bonds is 8. The Hall–Kier alpha value is -3.38. The molecule has 3 rings (SSSR count). The van der Waals surface area contributed by atoms with Crippen LogP contribution >= 0.6 is 11.8 Å². The van der Waals surface area contributed by atoms with Gasteiger partial charge in [0.05, 0.1) is 5.25 Å². The van der Waals surface area contributed by atoms with Crippen molar-refractivity contribution in [3.63, 3.8) is 0 Å². The largest absolute Gasteiger partial charge is 0.325 e. The van der Waals surface area contributed by atoms with Gasteiger partial charge in [0.1, 0.15) is 0 Å². The summed E-state index contributed by atoms with van der Waals surface area (Å²) < 4.78 is 0. The number of carbonyl (C=O) groups excluding carboxylic acids is 2. The van der Waals surface area contributed by atoms with Crippen molar-refractivity contribution in [3.8, 4) is 0 Å². The molecule has 2 aromatic carbocycles. The topological polar surface area (TPSA) is 71.1 Å².